The van der Waals surface area contributed by atoms with Gasteiger partial charge in [-0.25, -0.2) is 8.42 Å². The van der Waals surface area contributed by atoms with E-state index >= 15 is 0 Å². The first-order valence-electron chi connectivity index (χ1n) is 12.3. The molecule has 0 spiro atoms. The Morgan fingerprint density at radius 3 is 2.36 bits per heavy atom. The highest BCUT2D eigenvalue weighted by Crippen LogP contribution is 2.28. The van der Waals surface area contributed by atoms with Crippen LogP contribution >= 0.6 is 23.2 Å². The Morgan fingerprint density at radius 1 is 1.00 bits per heavy atom. The van der Waals surface area contributed by atoms with Gasteiger partial charge in [-0.2, -0.15) is 0 Å². The lowest BCUT2D eigenvalue weighted by Gasteiger charge is -2.32. The number of benzene rings is 3. The third kappa shape index (κ3) is 7.65. The molecule has 0 radical (unpaired) electrons. The first-order chi connectivity index (χ1) is 18.6. The van der Waals surface area contributed by atoms with E-state index in [1.807, 2.05) is 6.92 Å². The summed E-state index contributed by atoms with van der Waals surface area (Å²) in [6.45, 7) is 3.34. The van der Waals surface area contributed by atoms with E-state index in [1.54, 1.807) is 61.5 Å². The van der Waals surface area contributed by atoms with Gasteiger partial charge in [-0.3, -0.25) is 13.9 Å². The Balaban J connectivity index is 2.04. The highest BCUT2D eigenvalue weighted by molar-refractivity contribution is 7.92. The van der Waals surface area contributed by atoms with Gasteiger partial charge in [0.1, 0.15) is 18.3 Å². The molecule has 0 aliphatic carbocycles. The summed E-state index contributed by atoms with van der Waals surface area (Å²) < 4.78 is 33.9. The van der Waals surface area contributed by atoms with Crippen LogP contribution in [0.4, 0.5) is 5.69 Å². The minimum absolute atomic E-state index is 0.0154. The third-order valence-electron chi connectivity index (χ3n) is 6.02. The summed E-state index contributed by atoms with van der Waals surface area (Å²) in [7, 11) is -2.70. The Morgan fingerprint density at radius 2 is 1.72 bits per heavy atom. The molecule has 1 N–H and O–H groups in total. The highest BCUT2D eigenvalue weighted by Gasteiger charge is 2.32. The van der Waals surface area contributed by atoms with Gasteiger partial charge < -0.3 is 15.0 Å². The lowest BCUT2D eigenvalue weighted by Crippen LogP contribution is -2.51. The number of sulfonamides is 1. The maximum atomic E-state index is 13.9. The second kappa shape index (κ2) is 13.7. The standard InChI is InChI=1S/C28H31Cl2N3O5S/c1-4-15-31-28(35)20(2)32(18-21-13-14-22(29)16-26(21)30)27(34)19-33(23-9-8-10-24(17-23)38-3)39(36,37)25-11-6-5-7-12-25/h5-14,16-17,20H,4,15,18-19H2,1-3H3,(H,31,35)/t20-/m1/s1. The zero-order valence-electron chi connectivity index (χ0n) is 21.9. The average molecular weight is 593 g/mol. The molecule has 3 aromatic carbocycles. The van der Waals surface area contributed by atoms with Crippen LogP contribution in [0.15, 0.2) is 77.7 Å². The van der Waals surface area contributed by atoms with Gasteiger partial charge in [0.25, 0.3) is 10.0 Å². The van der Waals surface area contributed by atoms with Crippen molar-refractivity contribution >= 4 is 50.7 Å². The van der Waals surface area contributed by atoms with Crippen LogP contribution in [0.2, 0.25) is 10.0 Å². The summed E-state index contributed by atoms with van der Waals surface area (Å²) in [5, 5.41) is 3.54. The molecule has 0 bridgehead atoms. The van der Waals surface area contributed by atoms with Crippen LogP contribution in [0.1, 0.15) is 25.8 Å². The number of amides is 2. The molecule has 208 valence electrons. The van der Waals surface area contributed by atoms with E-state index in [1.165, 1.54) is 30.2 Å². The number of methoxy groups -OCH3 is 1. The SMILES string of the molecule is CCCNC(=O)[C@@H](C)N(Cc1ccc(Cl)cc1Cl)C(=O)CN(c1cccc(OC)c1)S(=O)(=O)c1ccccc1. The number of carbonyl (C=O) groups excluding carboxylic acids is 2. The van der Waals surface area contributed by atoms with Crippen molar-refractivity contribution in [3.8, 4) is 5.75 Å². The second-order valence-electron chi connectivity index (χ2n) is 8.75. The zero-order valence-corrected chi connectivity index (χ0v) is 24.3. The molecule has 11 heteroatoms. The summed E-state index contributed by atoms with van der Waals surface area (Å²) in [6, 6.07) is 18.2. The number of nitrogens with one attached hydrogen (secondary N) is 1. The maximum Gasteiger partial charge on any atom is 0.264 e. The molecule has 0 aliphatic heterocycles. The van der Waals surface area contributed by atoms with E-state index in [-0.39, 0.29) is 23.0 Å². The molecule has 39 heavy (non-hydrogen) atoms. The fraction of sp³-hybridized carbons (Fsp3) is 0.286. The van der Waals surface area contributed by atoms with Crippen LogP contribution in [0.5, 0.6) is 5.75 Å². The van der Waals surface area contributed by atoms with E-state index in [2.05, 4.69) is 5.32 Å². The van der Waals surface area contributed by atoms with Crippen molar-refractivity contribution in [1.82, 2.24) is 10.2 Å². The van der Waals surface area contributed by atoms with Gasteiger partial charge >= 0.3 is 0 Å². The van der Waals surface area contributed by atoms with E-state index in [4.69, 9.17) is 27.9 Å². The van der Waals surface area contributed by atoms with Gasteiger partial charge in [0.05, 0.1) is 17.7 Å². The molecule has 0 aliphatic rings. The molecule has 3 aromatic rings. The number of halogens is 2. The number of ether oxygens (including phenoxy) is 1. The van der Waals surface area contributed by atoms with Crippen LogP contribution < -0.4 is 14.4 Å². The normalized spacial score (nSPS) is 11.9. The lowest BCUT2D eigenvalue weighted by molar-refractivity contribution is -0.139. The second-order valence-corrected chi connectivity index (χ2v) is 11.5. The topological polar surface area (TPSA) is 96.0 Å². The van der Waals surface area contributed by atoms with Gasteiger partial charge in [-0.05, 0) is 55.3 Å². The van der Waals surface area contributed by atoms with Crippen LogP contribution in [0.25, 0.3) is 0 Å². The summed E-state index contributed by atoms with van der Waals surface area (Å²) in [5.74, 6) is -0.540. The smallest absolute Gasteiger partial charge is 0.264 e. The molecule has 0 unspecified atom stereocenters. The van der Waals surface area contributed by atoms with Crippen molar-refractivity contribution in [3.05, 3.63) is 88.4 Å². The van der Waals surface area contributed by atoms with Crippen LogP contribution in [0.3, 0.4) is 0 Å². The fourth-order valence-corrected chi connectivity index (χ4v) is 5.72. The summed E-state index contributed by atoms with van der Waals surface area (Å²) in [4.78, 5) is 28.2. The maximum absolute atomic E-state index is 13.9. The number of rotatable bonds is 12. The van der Waals surface area contributed by atoms with Crippen molar-refractivity contribution in [2.75, 3.05) is 24.5 Å². The molecule has 0 aromatic heterocycles. The zero-order chi connectivity index (χ0) is 28.6. The van der Waals surface area contributed by atoms with Crippen LogP contribution in [0, 0.1) is 0 Å². The number of hydrogen-bond donors (Lipinski definition) is 1. The van der Waals surface area contributed by atoms with Crippen LogP contribution in [-0.2, 0) is 26.2 Å². The summed E-state index contributed by atoms with van der Waals surface area (Å²) >= 11 is 12.4. The van der Waals surface area contributed by atoms with E-state index in [0.29, 0.717) is 34.3 Å². The minimum atomic E-state index is -4.17. The predicted molar refractivity (Wildman–Crippen MR) is 154 cm³/mol. The quantitative estimate of drug-likeness (QED) is 0.314. The van der Waals surface area contributed by atoms with Gasteiger partial charge in [0, 0.05) is 29.2 Å². The Kier molecular flexibility index (Phi) is 10.6. The van der Waals surface area contributed by atoms with Crippen molar-refractivity contribution in [1.29, 1.82) is 0 Å². The Bertz CT molecular complexity index is 1400. The van der Waals surface area contributed by atoms with Crippen molar-refractivity contribution in [2.24, 2.45) is 0 Å². The third-order valence-corrected chi connectivity index (χ3v) is 8.40. The number of anilines is 1. The minimum Gasteiger partial charge on any atom is -0.497 e. The van der Waals surface area contributed by atoms with E-state index in [0.717, 1.165) is 4.31 Å². The molecule has 0 saturated heterocycles. The van der Waals surface area contributed by atoms with Crippen molar-refractivity contribution in [2.45, 2.75) is 37.8 Å². The van der Waals surface area contributed by atoms with Crippen molar-refractivity contribution in [3.63, 3.8) is 0 Å². The molecular formula is C28H31Cl2N3O5S. The summed E-state index contributed by atoms with van der Waals surface area (Å²) in [6.07, 6.45) is 0.717. The molecule has 0 heterocycles. The number of hydrogen-bond acceptors (Lipinski definition) is 5. The van der Waals surface area contributed by atoms with Crippen molar-refractivity contribution < 1.29 is 22.7 Å². The lowest BCUT2D eigenvalue weighted by atomic mass is 10.1. The molecular weight excluding hydrogens is 561 g/mol. The first kappa shape index (κ1) is 30.3. The number of nitrogens with zero attached hydrogens (tertiary/aromatic N) is 2. The van der Waals surface area contributed by atoms with Crippen LogP contribution in [-0.4, -0.2) is 51.4 Å². The fourth-order valence-electron chi connectivity index (χ4n) is 3.83. The molecule has 3 rings (SSSR count). The molecule has 8 nitrogen and oxygen atoms in total. The van der Waals surface area contributed by atoms with Gasteiger partial charge in [0.2, 0.25) is 11.8 Å². The molecule has 1 atom stereocenters. The van der Waals surface area contributed by atoms with Gasteiger partial charge in [-0.1, -0.05) is 60.5 Å². The Labute approximate surface area is 239 Å². The van der Waals surface area contributed by atoms with E-state index < -0.39 is 28.5 Å². The van der Waals surface area contributed by atoms with Gasteiger partial charge in [-0.15, -0.1) is 0 Å². The largest absolute Gasteiger partial charge is 0.497 e. The summed E-state index contributed by atoms with van der Waals surface area (Å²) in [5.41, 5.74) is 0.794. The predicted octanol–water partition coefficient (Wildman–Crippen LogP) is 5.14. The Hall–Kier alpha value is -3.27. The number of carbonyl (C=O) groups is 2. The highest BCUT2D eigenvalue weighted by atomic mass is 35.5. The monoisotopic (exact) mass is 591 g/mol. The first-order valence-corrected chi connectivity index (χ1v) is 14.5. The molecule has 0 saturated carbocycles. The van der Waals surface area contributed by atoms with E-state index in [9.17, 15) is 18.0 Å². The molecule has 0 fully saturated rings. The van der Waals surface area contributed by atoms with Gasteiger partial charge in [0.15, 0.2) is 0 Å². The average Bonchev–Trinajstić information content (AvgIpc) is 2.94. The molecule has 2 amide bonds.